The van der Waals surface area contributed by atoms with Gasteiger partial charge in [-0.25, -0.2) is 4.68 Å². The number of nitrogens with zero attached hydrogens (tertiary/aromatic N) is 5. The highest BCUT2D eigenvalue weighted by molar-refractivity contribution is 7.18. The predicted octanol–water partition coefficient (Wildman–Crippen LogP) is 4.12. The number of hydrogen-bond donors (Lipinski definition) is 0. The lowest BCUT2D eigenvalue weighted by molar-refractivity contribution is -0.118. The Morgan fingerprint density at radius 2 is 1.97 bits per heavy atom. The van der Waals surface area contributed by atoms with Crippen molar-refractivity contribution >= 4 is 40.2 Å². The zero-order valence-corrected chi connectivity index (χ0v) is 20.3. The van der Waals surface area contributed by atoms with Crippen LogP contribution in [-0.4, -0.2) is 44.2 Å². The van der Waals surface area contributed by atoms with Crippen LogP contribution in [0.2, 0.25) is 4.34 Å². The number of pyridine rings is 1. The Morgan fingerprint density at radius 3 is 2.74 bits per heavy atom. The van der Waals surface area contributed by atoms with Crippen molar-refractivity contribution in [1.82, 2.24) is 19.6 Å². The van der Waals surface area contributed by atoms with Crippen molar-refractivity contribution in [3.05, 3.63) is 86.2 Å². The van der Waals surface area contributed by atoms with Crippen molar-refractivity contribution in [2.24, 2.45) is 0 Å². The summed E-state index contributed by atoms with van der Waals surface area (Å²) in [7, 11) is 0. The number of hydrogen-bond acceptors (Lipinski definition) is 7. The van der Waals surface area contributed by atoms with Crippen molar-refractivity contribution in [2.75, 3.05) is 18.0 Å². The molecule has 8 nitrogen and oxygen atoms in total. The predicted molar refractivity (Wildman–Crippen MR) is 135 cm³/mol. The van der Waals surface area contributed by atoms with Crippen LogP contribution in [0.25, 0.3) is 11.4 Å². The van der Waals surface area contributed by atoms with Crippen LogP contribution in [0.5, 0.6) is 0 Å². The summed E-state index contributed by atoms with van der Waals surface area (Å²) in [5.74, 6) is 0.192. The highest BCUT2D eigenvalue weighted by Gasteiger charge is 2.22. The molecule has 0 N–H and O–H groups in total. The van der Waals surface area contributed by atoms with Crippen LogP contribution in [0.4, 0.5) is 5.69 Å². The van der Waals surface area contributed by atoms with Gasteiger partial charge in [0.25, 0.3) is 5.56 Å². The number of piperidine rings is 1. The van der Waals surface area contributed by atoms with Gasteiger partial charge in [-0.15, -0.1) is 16.4 Å². The third kappa shape index (κ3) is 5.11. The van der Waals surface area contributed by atoms with E-state index in [1.165, 1.54) is 17.4 Å². The number of Topliss-reactive ketones (excluding diaryl/α,β-unsaturated/α-hetero) is 2. The summed E-state index contributed by atoms with van der Waals surface area (Å²) in [6, 6.07) is 14.1. The highest BCUT2D eigenvalue weighted by Crippen LogP contribution is 2.29. The van der Waals surface area contributed by atoms with Crippen LogP contribution < -0.4 is 10.5 Å². The standard InChI is InChI=1S/C25H22ClN5O3S/c26-24-11-10-23(35-24)22(33)9-6-17-15-31(28-27-17)20-8-7-18(30-13-2-1-5-25(30)34)14-21(20)29-12-3-4-19(32)16-29/h1-2,5,7-8,10-11,13-15H,3-4,6,9,12,16H2. The van der Waals surface area contributed by atoms with Crippen molar-refractivity contribution in [3.8, 4) is 11.4 Å². The van der Waals surface area contributed by atoms with Crippen LogP contribution in [0, 0.1) is 0 Å². The van der Waals surface area contributed by atoms with Gasteiger partial charge in [0.1, 0.15) is 0 Å². The lowest BCUT2D eigenvalue weighted by atomic mass is 10.1. The largest absolute Gasteiger partial charge is 0.362 e. The average molecular weight is 508 g/mol. The maximum Gasteiger partial charge on any atom is 0.255 e. The number of carbonyl (C=O) groups excluding carboxylic acids is 2. The molecule has 1 saturated heterocycles. The van der Waals surface area contributed by atoms with Gasteiger partial charge in [0.15, 0.2) is 11.6 Å². The molecule has 3 aromatic heterocycles. The molecule has 0 unspecified atom stereocenters. The second-order valence-corrected chi connectivity index (χ2v) is 10.0. The molecule has 1 fully saturated rings. The second-order valence-electron chi connectivity index (χ2n) is 8.33. The van der Waals surface area contributed by atoms with Crippen LogP contribution in [0.15, 0.2) is 65.7 Å². The van der Waals surface area contributed by atoms with Crippen LogP contribution >= 0.6 is 22.9 Å². The maximum atomic E-state index is 12.4. The van der Waals surface area contributed by atoms with Gasteiger partial charge in [0.05, 0.1) is 44.7 Å². The average Bonchev–Trinajstić information content (AvgIpc) is 3.52. The summed E-state index contributed by atoms with van der Waals surface area (Å²) in [6.07, 6.45) is 5.61. The molecule has 5 rings (SSSR count). The van der Waals surface area contributed by atoms with Gasteiger partial charge in [-0.3, -0.25) is 19.0 Å². The van der Waals surface area contributed by atoms with E-state index < -0.39 is 0 Å². The molecule has 178 valence electrons. The first-order chi connectivity index (χ1) is 17.0. The minimum absolute atomic E-state index is 0.0154. The third-order valence-corrected chi connectivity index (χ3v) is 7.17. The summed E-state index contributed by atoms with van der Waals surface area (Å²) in [5.41, 5.74) is 2.80. The number of carbonyl (C=O) groups is 2. The SMILES string of the molecule is O=C1CCCN(c2cc(-n3ccccc3=O)ccc2-n2cc(CCC(=O)c3ccc(Cl)s3)nn2)C1. The monoisotopic (exact) mass is 507 g/mol. The van der Waals surface area contributed by atoms with E-state index in [0.29, 0.717) is 46.4 Å². The van der Waals surface area contributed by atoms with E-state index >= 15 is 0 Å². The Bertz CT molecular complexity index is 1460. The molecule has 35 heavy (non-hydrogen) atoms. The van der Waals surface area contributed by atoms with E-state index in [1.807, 2.05) is 23.1 Å². The smallest absolute Gasteiger partial charge is 0.255 e. The molecule has 0 bridgehead atoms. The van der Waals surface area contributed by atoms with Crippen molar-refractivity contribution in [3.63, 3.8) is 0 Å². The van der Waals surface area contributed by atoms with Crippen LogP contribution in [0.3, 0.4) is 0 Å². The normalized spacial score (nSPS) is 13.9. The van der Waals surface area contributed by atoms with Gasteiger partial charge in [-0.2, -0.15) is 0 Å². The minimum atomic E-state index is -0.138. The number of aryl methyl sites for hydroxylation is 1. The number of rotatable bonds is 7. The summed E-state index contributed by atoms with van der Waals surface area (Å²) < 4.78 is 3.81. The second kappa shape index (κ2) is 9.97. The lowest BCUT2D eigenvalue weighted by Gasteiger charge is -2.30. The number of halogens is 1. The highest BCUT2D eigenvalue weighted by atomic mass is 35.5. The molecule has 1 aromatic carbocycles. The van der Waals surface area contributed by atoms with Crippen LogP contribution in [0.1, 0.15) is 34.6 Å². The fourth-order valence-electron chi connectivity index (χ4n) is 4.15. The Balaban J connectivity index is 1.44. The molecule has 4 heterocycles. The number of thiophene rings is 1. The summed E-state index contributed by atoms with van der Waals surface area (Å²) in [5, 5.41) is 8.55. The fraction of sp³-hybridized carbons (Fsp3) is 0.240. The molecule has 0 amide bonds. The maximum absolute atomic E-state index is 12.4. The van der Waals surface area contributed by atoms with E-state index in [2.05, 4.69) is 10.3 Å². The first-order valence-corrected chi connectivity index (χ1v) is 12.5. The van der Waals surface area contributed by atoms with Crippen LogP contribution in [-0.2, 0) is 11.2 Å². The van der Waals surface area contributed by atoms with Gasteiger partial charge in [-0.05, 0) is 42.8 Å². The topological polar surface area (TPSA) is 90.1 Å². The van der Waals surface area contributed by atoms with E-state index in [9.17, 15) is 14.4 Å². The first kappa shape index (κ1) is 23.2. The molecular formula is C25H22ClN5O3S. The van der Waals surface area contributed by atoms with Crippen molar-refractivity contribution in [1.29, 1.82) is 0 Å². The quantitative estimate of drug-likeness (QED) is 0.349. The van der Waals surface area contributed by atoms with Crippen molar-refractivity contribution in [2.45, 2.75) is 25.7 Å². The molecule has 0 aliphatic carbocycles. The molecule has 4 aromatic rings. The van der Waals surface area contributed by atoms with Gasteiger partial charge in [-0.1, -0.05) is 22.9 Å². The third-order valence-electron chi connectivity index (χ3n) is 5.90. The Hall–Kier alpha value is -3.56. The Morgan fingerprint density at radius 1 is 1.09 bits per heavy atom. The van der Waals surface area contributed by atoms with Gasteiger partial charge in [0.2, 0.25) is 0 Å². The van der Waals surface area contributed by atoms with E-state index in [-0.39, 0.29) is 17.1 Å². The van der Waals surface area contributed by atoms with E-state index in [4.69, 9.17) is 11.6 Å². The number of ketones is 2. The van der Waals surface area contributed by atoms with Gasteiger partial charge in [0, 0.05) is 38.1 Å². The number of aromatic nitrogens is 4. The summed E-state index contributed by atoms with van der Waals surface area (Å²) in [4.78, 5) is 39.7. The lowest BCUT2D eigenvalue weighted by Crippen LogP contribution is -2.36. The molecule has 0 spiro atoms. The number of anilines is 1. The molecule has 0 saturated carbocycles. The summed E-state index contributed by atoms with van der Waals surface area (Å²) >= 11 is 7.21. The van der Waals surface area contributed by atoms with Gasteiger partial charge < -0.3 is 4.90 Å². The zero-order valence-electron chi connectivity index (χ0n) is 18.8. The molecule has 0 atom stereocenters. The molecule has 1 aliphatic rings. The van der Waals surface area contributed by atoms with E-state index in [0.717, 1.165) is 24.3 Å². The molecule has 0 radical (unpaired) electrons. The fourth-order valence-corrected chi connectivity index (χ4v) is 5.16. The Kier molecular flexibility index (Phi) is 6.61. The van der Waals surface area contributed by atoms with Gasteiger partial charge >= 0.3 is 0 Å². The molecule has 10 heteroatoms. The first-order valence-electron chi connectivity index (χ1n) is 11.3. The number of benzene rings is 1. The minimum Gasteiger partial charge on any atom is -0.362 e. The summed E-state index contributed by atoms with van der Waals surface area (Å²) in [6.45, 7) is 1.03. The molecule has 1 aliphatic heterocycles. The Labute approximate surface area is 210 Å². The zero-order chi connectivity index (χ0) is 24.4. The van der Waals surface area contributed by atoms with Crippen molar-refractivity contribution < 1.29 is 9.59 Å². The van der Waals surface area contributed by atoms with E-state index in [1.54, 1.807) is 45.9 Å². The molecular weight excluding hydrogens is 486 g/mol.